The van der Waals surface area contributed by atoms with Crippen molar-refractivity contribution in [1.29, 1.82) is 0 Å². The van der Waals surface area contributed by atoms with Gasteiger partial charge in [0, 0.05) is 6.04 Å². The van der Waals surface area contributed by atoms with Crippen LogP contribution in [0.1, 0.15) is 25.7 Å². The second-order valence-corrected chi connectivity index (χ2v) is 2.88. The Labute approximate surface area is 59.0 Å². The first kappa shape index (κ1) is 6.56. The molecule has 0 unspecified atom stereocenters. The molecule has 0 saturated heterocycles. The third kappa shape index (κ3) is 1.75. The molecule has 1 nitrogen and oxygen atoms in total. The number of alkyl halides is 1. The Balaban J connectivity index is 2.06. The normalized spacial score (nSPS) is 22.1. The van der Waals surface area contributed by atoms with Crippen molar-refractivity contribution in [2.45, 2.75) is 31.7 Å². The van der Waals surface area contributed by atoms with E-state index in [2.05, 4.69) is 21.2 Å². The number of hydrogen-bond acceptors (Lipinski definition) is 1. The SMILES string of the molecule is BrCNC1CCCC1. The second-order valence-electron chi connectivity index (χ2n) is 2.32. The predicted octanol–water partition coefficient (Wildman–Crippen LogP) is 1.87. The molecule has 0 aromatic rings. The second kappa shape index (κ2) is 3.46. The molecule has 1 N–H and O–H groups in total. The summed E-state index contributed by atoms with van der Waals surface area (Å²) >= 11 is 3.35. The molecule has 1 aliphatic rings. The van der Waals surface area contributed by atoms with Gasteiger partial charge >= 0.3 is 0 Å². The van der Waals surface area contributed by atoms with Gasteiger partial charge in [0.1, 0.15) is 0 Å². The van der Waals surface area contributed by atoms with Crippen molar-refractivity contribution in [3.63, 3.8) is 0 Å². The van der Waals surface area contributed by atoms with Crippen LogP contribution in [0.4, 0.5) is 0 Å². The summed E-state index contributed by atoms with van der Waals surface area (Å²) < 4.78 is 0. The summed E-state index contributed by atoms with van der Waals surface area (Å²) in [4.78, 5) is 0. The fraction of sp³-hybridized carbons (Fsp3) is 1.00. The van der Waals surface area contributed by atoms with Gasteiger partial charge in [-0.3, -0.25) is 0 Å². The minimum atomic E-state index is 0.814. The van der Waals surface area contributed by atoms with Crippen LogP contribution in [-0.4, -0.2) is 11.5 Å². The summed E-state index contributed by atoms with van der Waals surface area (Å²) in [6, 6.07) is 0.814. The summed E-state index contributed by atoms with van der Waals surface area (Å²) in [6.45, 7) is 0. The lowest BCUT2D eigenvalue weighted by atomic mass is 10.3. The minimum Gasteiger partial charge on any atom is -0.305 e. The van der Waals surface area contributed by atoms with E-state index in [0.29, 0.717) is 0 Å². The van der Waals surface area contributed by atoms with Crippen LogP contribution in [0.25, 0.3) is 0 Å². The molecule has 0 amide bonds. The topological polar surface area (TPSA) is 12.0 Å². The molecule has 0 spiro atoms. The van der Waals surface area contributed by atoms with Gasteiger partial charge < -0.3 is 5.32 Å². The molecule has 0 bridgehead atoms. The van der Waals surface area contributed by atoms with Gasteiger partial charge in [0.15, 0.2) is 0 Å². The molecule has 0 heterocycles. The number of nitrogens with one attached hydrogen (secondary N) is 1. The molecule has 0 aromatic carbocycles. The van der Waals surface area contributed by atoms with Crippen LogP contribution >= 0.6 is 15.9 Å². The number of halogens is 1. The minimum absolute atomic E-state index is 0.814. The van der Waals surface area contributed by atoms with E-state index in [1.807, 2.05) is 0 Å². The summed E-state index contributed by atoms with van der Waals surface area (Å²) in [5.74, 6) is 0. The van der Waals surface area contributed by atoms with Crippen molar-refractivity contribution in [3.05, 3.63) is 0 Å². The number of rotatable bonds is 2. The number of hydrogen-bond donors (Lipinski definition) is 1. The fourth-order valence-electron chi connectivity index (χ4n) is 1.24. The van der Waals surface area contributed by atoms with Crippen LogP contribution in [0.3, 0.4) is 0 Å². The highest BCUT2D eigenvalue weighted by Crippen LogP contribution is 2.17. The van der Waals surface area contributed by atoms with E-state index < -0.39 is 0 Å². The molecule has 0 radical (unpaired) electrons. The van der Waals surface area contributed by atoms with Gasteiger partial charge in [0.25, 0.3) is 0 Å². The van der Waals surface area contributed by atoms with Crippen molar-refractivity contribution < 1.29 is 0 Å². The van der Waals surface area contributed by atoms with E-state index in [4.69, 9.17) is 0 Å². The van der Waals surface area contributed by atoms with E-state index in [1.54, 1.807) is 0 Å². The third-order valence-corrected chi connectivity index (χ3v) is 2.04. The Morgan fingerprint density at radius 2 is 2.00 bits per heavy atom. The van der Waals surface area contributed by atoms with E-state index in [9.17, 15) is 0 Å². The van der Waals surface area contributed by atoms with E-state index in [0.717, 1.165) is 11.5 Å². The molecular weight excluding hydrogens is 166 g/mol. The Bertz CT molecular complexity index is 59.5. The zero-order valence-corrected chi connectivity index (χ0v) is 6.58. The van der Waals surface area contributed by atoms with Gasteiger partial charge in [-0.1, -0.05) is 28.8 Å². The van der Waals surface area contributed by atoms with Gasteiger partial charge in [0.05, 0.1) is 5.45 Å². The highest BCUT2D eigenvalue weighted by Gasteiger charge is 2.12. The maximum atomic E-state index is 3.36. The quantitative estimate of drug-likeness (QED) is 0.502. The van der Waals surface area contributed by atoms with Crippen molar-refractivity contribution in [2.24, 2.45) is 0 Å². The lowest BCUT2D eigenvalue weighted by molar-refractivity contribution is 0.575. The largest absolute Gasteiger partial charge is 0.305 e. The average molecular weight is 178 g/mol. The lowest BCUT2D eigenvalue weighted by Gasteiger charge is -2.06. The summed E-state index contributed by atoms with van der Waals surface area (Å²) in [7, 11) is 0. The van der Waals surface area contributed by atoms with Crippen molar-refractivity contribution in [2.75, 3.05) is 5.45 Å². The first-order chi connectivity index (χ1) is 3.93. The molecule has 1 rings (SSSR count). The first-order valence-corrected chi connectivity index (χ1v) is 4.35. The predicted molar refractivity (Wildman–Crippen MR) is 39.2 cm³/mol. The fourth-order valence-corrected chi connectivity index (χ4v) is 1.70. The van der Waals surface area contributed by atoms with E-state index in [-0.39, 0.29) is 0 Å². The third-order valence-electron chi connectivity index (χ3n) is 1.72. The highest BCUT2D eigenvalue weighted by molar-refractivity contribution is 9.09. The average Bonchev–Trinajstić information content (AvgIpc) is 2.19. The molecule has 0 atom stereocenters. The zero-order chi connectivity index (χ0) is 5.82. The summed E-state index contributed by atoms with van der Waals surface area (Å²) in [6.07, 6.45) is 5.60. The molecule has 1 fully saturated rings. The molecule has 1 aliphatic carbocycles. The smallest absolute Gasteiger partial charge is 0.0519 e. The van der Waals surface area contributed by atoms with Crippen molar-refractivity contribution in [1.82, 2.24) is 5.32 Å². The highest BCUT2D eigenvalue weighted by atomic mass is 79.9. The summed E-state index contributed by atoms with van der Waals surface area (Å²) in [5, 5.41) is 3.36. The molecule has 0 aliphatic heterocycles. The van der Waals surface area contributed by atoms with Crippen LogP contribution in [0, 0.1) is 0 Å². The Morgan fingerprint density at radius 1 is 1.38 bits per heavy atom. The standard InChI is InChI=1S/C6H12BrN/c7-5-8-6-3-1-2-4-6/h6,8H,1-5H2. The summed E-state index contributed by atoms with van der Waals surface area (Å²) in [5.41, 5.74) is 0.956. The van der Waals surface area contributed by atoms with Crippen LogP contribution in [-0.2, 0) is 0 Å². The molecule has 2 heteroatoms. The molecule has 8 heavy (non-hydrogen) atoms. The van der Waals surface area contributed by atoms with Crippen molar-refractivity contribution in [3.8, 4) is 0 Å². The van der Waals surface area contributed by atoms with Gasteiger partial charge in [-0.25, -0.2) is 0 Å². The first-order valence-electron chi connectivity index (χ1n) is 3.23. The van der Waals surface area contributed by atoms with E-state index in [1.165, 1.54) is 25.7 Å². The van der Waals surface area contributed by atoms with Crippen LogP contribution < -0.4 is 5.32 Å². The molecule has 48 valence electrons. The van der Waals surface area contributed by atoms with Gasteiger partial charge in [-0.05, 0) is 12.8 Å². The molecular formula is C6H12BrN. The zero-order valence-electron chi connectivity index (χ0n) is 4.99. The van der Waals surface area contributed by atoms with Crippen molar-refractivity contribution >= 4 is 15.9 Å². The maximum absolute atomic E-state index is 3.36. The maximum Gasteiger partial charge on any atom is 0.0519 e. The monoisotopic (exact) mass is 177 g/mol. The lowest BCUT2D eigenvalue weighted by Crippen LogP contribution is -2.23. The Hall–Kier alpha value is 0.440. The van der Waals surface area contributed by atoms with Crippen LogP contribution in [0.5, 0.6) is 0 Å². The van der Waals surface area contributed by atoms with Crippen LogP contribution in [0.15, 0.2) is 0 Å². The Kier molecular flexibility index (Phi) is 2.84. The Morgan fingerprint density at radius 3 is 2.50 bits per heavy atom. The van der Waals surface area contributed by atoms with Gasteiger partial charge in [-0.2, -0.15) is 0 Å². The van der Waals surface area contributed by atoms with Gasteiger partial charge in [-0.15, -0.1) is 0 Å². The van der Waals surface area contributed by atoms with Crippen LogP contribution in [0.2, 0.25) is 0 Å². The molecule has 0 aromatic heterocycles. The molecule has 1 saturated carbocycles. The van der Waals surface area contributed by atoms with Gasteiger partial charge in [0.2, 0.25) is 0 Å². The van der Waals surface area contributed by atoms with E-state index >= 15 is 0 Å².